The molecule has 0 fully saturated rings. The van der Waals surface area contributed by atoms with E-state index in [0.29, 0.717) is 6.04 Å². The summed E-state index contributed by atoms with van der Waals surface area (Å²) in [6.45, 7) is 11.5. The maximum atomic E-state index is 5.17. The van der Waals surface area contributed by atoms with Crippen molar-refractivity contribution in [1.82, 2.24) is 10.2 Å². The summed E-state index contributed by atoms with van der Waals surface area (Å²) in [4.78, 5) is 2.45. The number of hydrogen-bond acceptors (Lipinski definition) is 3. The third-order valence-electron chi connectivity index (χ3n) is 3.72. The number of rotatable bonds is 10. The number of methoxy groups -OCH3 is 1. The van der Waals surface area contributed by atoms with Crippen LogP contribution in [0.2, 0.25) is 0 Å². The smallest absolute Gasteiger partial charge is 0.0589 e. The fourth-order valence-electron chi connectivity index (χ4n) is 2.39. The summed E-state index contributed by atoms with van der Waals surface area (Å²) >= 11 is 0. The van der Waals surface area contributed by atoms with E-state index in [-0.39, 0.29) is 0 Å². The van der Waals surface area contributed by atoms with Crippen LogP contribution in [0.4, 0.5) is 0 Å². The Morgan fingerprint density at radius 3 is 2.40 bits per heavy atom. The number of aryl methyl sites for hydroxylation is 1. The molecule has 1 rings (SSSR count). The Balaban J connectivity index is 2.55. The Kier molecular flexibility index (Phi) is 8.51. The van der Waals surface area contributed by atoms with Crippen molar-refractivity contribution < 1.29 is 4.74 Å². The molecule has 1 atom stereocenters. The van der Waals surface area contributed by atoms with Gasteiger partial charge in [-0.3, -0.25) is 0 Å². The molecular weight excluding hydrogens is 248 g/mol. The summed E-state index contributed by atoms with van der Waals surface area (Å²) in [5, 5.41) is 3.60. The number of hydrogen-bond donors (Lipinski definition) is 1. The predicted molar refractivity (Wildman–Crippen MR) is 86.2 cm³/mol. The number of ether oxygens (including phenoxy) is 1. The van der Waals surface area contributed by atoms with Crippen LogP contribution < -0.4 is 5.32 Å². The summed E-state index contributed by atoms with van der Waals surface area (Å²) < 4.78 is 5.17. The van der Waals surface area contributed by atoms with Crippen molar-refractivity contribution in [1.29, 1.82) is 0 Å². The molecule has 1 aromatic carbocycles. The lowest BCUT2D eigenvalue weighted by molar-refractivity contribution is 0.148. The first kappa shape index (κ1) is 17.2. The molecular formula is C17H30N2O. The molecule has 0 aromatic heterocycles. The Hall–Kier alpha value is -0.900. The number of likely N-dealkylation sites (N-methyl/N-ethyl adjacent to an activating group) is 1. The summed E-state index contributed by atoms with van der Waals surface area (Å²) in [5.74, 6) is 0. The van der Waals surface area contributed by atoms with Crippen molar-refractivity contribution in [2.45, 2.75) is 33.2 Å². The van der Waals surface area contributed by atoms with E-state index >= 15 is 0 Å². The molecule has 1 N–H and O–H groups in total. The molecule has 0 aliphatic carbocycles. The lowest BCUT2D eigenvalue weighted by Crippen LogP contribution is -2.31. The largest absolute Gasteiger partial charge is 0.383 e. The molecule has 0 aliphatic rings. The van der Waals surface area contributed by atoms with Gasteiger partial charge in [0.2, 0.25) is 0 Å². The lowest BCUT2D eigenvalue weighted by Gasteiger charge is -2.24. The van der Waals surface area contributed by atoms with E-state index in [2.05, 4.69) is 55.3 Å². The molecule has 0 saturated heterocycles. The van der Waals surface area contributed by atoms with Gasteiger partial charge in [0.1, 0.15) is 0 Å². The molecule has 0 saturated carbocycles. The molecule has 1 aromatic rings. The van der Waals surface area contributed by atoms with Crippen LogP contribution in [0, 0.1) is 6.92 Å². The average Bonchev–Trinajstić information content (AvgIpc) is 2.47. The second kappa shape index (κ2) is 9.92. The highest BCUT2D eigenvalue weighted by Gasteiger charge is 2.12. The first-order valence-corrected chi connectivity index (χ1v) is 7.72. The van der Waals surface area contributed by atoms with Crippen molar-refractivity contribution in [2.75, 3.05) is 39.9 Å². The fraction of sp³-hybridized carbons (Fsp3) is 0.647. The van der Waals surface area contributed by atoms with Crippen LogP contribution in [0.5, 0.6) is 0 Å². The van der Waals surface area contributed by atoms with Crippen molar-refractivity contribution in [2.24, 2.45) is 0 Å². The van der Waals surface area contributed by atoms with Crippen molar-refractivity contribution in [3.8, 4) is 0 Å². The molecule has 0 radical (unpaired) electrons. The molecule has 0 bridgehead atoms. The molecule has 114 valence electrons. The van der Waals surface area contributed by atoms with Gasteiger partial charge in [0.05, 0.1) is 6.61 Å². The van der Waals surface area contributed by atoms with Gasteiger partial charge >= 0.3 is 0 Å². The van der Waals surface area contributed by atoms with Gasteiger partial charge in [-0.15, -0.1) is 0 Å². The number of nitrogens with one attached hydrogen (secondary N) is 1. The first-order valence-electron chi connectivity index (χ1n) is 7.72. The maximum absolute atomic E-state index is 5.17. The number of nitrogens with zero attached hydrogens (tertiary/aromatic N) is 1. The second-order valence-electron chi connectivity index (χ2n) is 5.24. The van der Waals surface area contributed by atoms with Gasteiger partial charge < -0.3 is 15.0 Å². The summed E-state index contributed by atoms with van der Waals surface area (Å²) in [6.07, 6.45) is 1.13. The molecule has 0 spiro atoms. The van der Waals surface area contributed by atoms with Gasteiger partial charge in [0, 0.05) is 26.2 Å². The van der Waals surface area contributed by atoms with E-state index in [1.165, 1.54) is 11.1 Å². The predicted octanol–water partition coefficient (Wildman–Crippen LogP) is 3.00. The highest BCUT2D eigenvalue weighted by molar-refractivity contribution is 5.24. The topological polar surface area (TPSA) is 24.5 Å². The molecule has 3 heteroatoms. The lowest BCUT2D eigenvalue weighted by atomic mass is 10.0. The summed E-state index contributed by atoms with van der Waals surface area (Å²) in [7, 11) is 1.77. The first-order chi connectivity index (χ1) is 9.71. The fourth-order valence-corrected chi connectivity index (χ4v) is 2.39. The van der Waals surface area contributed by atoms with Gasteiger partial charge in [0.25, 0.3) is 0 Å². The monoisotopic (exact) mass is 278 g/mol. The SMILES string of the molecule is CCNC(CCN(CC)CCOC)c1ccc(C)cc1. The molecule has 1 unspecified atom stereocenters. The van der Waals surface area contributed by atoms with Gasteiger partial charge in [-0.05, 0) is 32.0 Å². The second-order valence-corrected chi connectivity index (χ2v) is 5.24. The number of benzene rings is 1. The van der Waals surface area contributed by atoms with Crippen LogP contribution in [0.25, 0.3) is 0 Å². The molecule has 20 heavy (non-hydrogen) atoms. The van der Waals surface area contributed by atoms with Crippen LogP contribution in [-0.4, -0.2) is 44.8 Å². The van der Waals surface area contributed by atoms with Crippen molar-refractivity contribution >= 4 is 0 Å². The van der Waals surface area contributed by atoms with Crippen LogP contribution in [0.15, 0.2) is 24.3 Å². The Bertz CT molecular complexity index is 351. The van der Waals surface area contributed by atoms with E-state index in [9.17, 15) is 0 Å². The van der Waals surface area contributed by atoms with Crippen molar-refractivity contribution in [3.05, 3.63) is 35.4 Å². The van der Waals surface area contributed by atoms with Crippen LogP contribution >= 0.6 is 0 Å². The van der Waals surface area contributed by atoms with Crippen LogP contribution in [0.1, 0.15) is 37.4 Å². The zero-order valence-corrected chi connectivity index (χ0v) is 13.5. The standard InChI is InChI=1S/C17H30N2O/c1-5-18-17(16-9-7-15(3)8-10-16)11-12-19(6-2)13-14-20-4/h7-10,17-18H,5-6,11-14H2,1-4H3. The Morgan fingerprint density at radius 1 is 1.15 bits per heavy atom. The van der Waals surface area contributed by atoms with E-state index in [1.807, 2.05) is 0 Å². The van der Waals surface area contributed by atoms with E-state index in [0.717, 1.165) is 39.2 Å². The summed E-state index contributed by atoms with van der Waals surface area (Å²) in [5.41, 5.74) is 2.71. The average molecular weight is 278 g/mol. The molecule has 0 amide bonds. The van der Waals surface area contributed by atoms with Gasteiger partial charge in [-0.25, -0.2) is 0 Å². The third-order valence-corrected chi connectivity index (χ3v) is 3.72. The zero-order chi connectivity index (χ0) is 14.8. The quantitative estimate of drug-likeness (QED) is 0.712. The minimum atomic E-state index is 0.442. The zero-order valence-electron chi connectivity index (χ0n) is 13.5. The van der Waals surface area contributed by atoms with E-state index < -0.39 is 0 Å². The summed E-state index contributed by atoms with van der Waals surface area (Å²) in [6, 6.07) is 9.32. The molecule has 3 nitrogen and oxygen atoms in total. The van der Waals surface area contributed by atoms with Crippen molar-refractivity contribution in [3.63, 3.8) is 0 Å². The Labute approximate surface area is 124 Å². The Morgan fingerprint density at radius 2 is 1.85 bits per heavy atom. The van der Waals surface area contributed by atoms with Crippen LogP contribution in [0.3, 0.4) is 0 Å². The van der Waals surface area contributed by atoms with E-state index in [1.54, 1.807) is 7.11 Å². The third kappa shape index (κ3) is 6.04. The highest BCUT2D eigenvalue weighted by atomic mass is 16.5. The minimum Gasteiger partial charge on any atom is -0.383 e. The minimum absolute atomic E-state index is 0.442. The highest BCUT2D eigenvalue weighted by Crippen LogP contribution is 2.18. The van der Waals surface area contributed by atoms with E-state index in [4.69, 9.17) is 4.74 Å². The van der Waals surface area contributed by atoms with Gasteiger partial charge in [-0.1, -0.05) is 43.7 Å². The normalized spacial score (nSPS) is 12.8. The van der Waals surface area contributed by atoms with Gasteiger partial charge in [-0.2, -0.15) is 0 Å². The van der Waals surface area contributed by atoms with Crippen LogP contribution in [-0.2, 0) is 4.74 Å². The van der Waals surface area contributed by atoms with Gasteiger partial charge in [0.15, 0.2) is 0 Å². The molecule has 0 aliphatic heterocycles. The maximum Gasteiger partial charge on any atom is 0.0589 e. The molecule has 0 heterocycles.